The van der Waals surface area contributed by atoms with Gasteiger partial charge in [0.05, 0.1) is 17.6 Å². The van der Waals surface area contributed by atoms with Crippen molar-refractivity contribution in [1.82, 2.24) is 14.9 Å². The largest absolute Gasteiger partial charge is 0.523 e. The molecule has 2 bridgehead atoms. The van der Waals surface area contributed by atoms with Crippen LogP contribution >= 0.6 is 0 Å². The lowest BCUT2D eigenvalue weighted by molar-refractivity contribution is -0.384. The van der Waals surface area contributed by atoms with Crippen LogP contribution in [-0.2, 0) is 20.7 Å². The molecule has 5 rings (SSSR count). The predicted molar refractivity (Wildman–Crippen MR) is 73.3 cm³/mol. The van der Waals surface area contributed by atoms with Crippen LogP contribution in [0, 0.1) is 0 Å². The van der Waals surface area contributed by atoms with Crippen LogP contribution in [0.3, 0.4) is 0 Å². The van der Waals surface area contributed by atoms with Crippen molar-refractivity contribution in [2.45, 2.75) is 68.5 Å². The number of alkyl halides is 3. The summed E-state index contributed by atoms with van der Waals surface area (Å²) in [5.74, 6) is -0.0448. The Morgan fingerprint density at radius 3 is 2.48 bits per heavy atom. The molecule has 4 fully saturated rings. The van der Waals surface area contributed by atoms with E-state index >= 15 is 0 Å². The molecule has 4 aliphatic carbocycles. The molecule has 1 aromatic heterocycles. The maximum Gasteiger partial charge on any atom is 0.523 e. The van der Waals surface area contributed by atoms with Crippen molar-refractivity contribution >= 4 is 5.91 Å². The Labute approximate surface area is 131 Å². The van der Waals surface area contributed by atoms with Gasteiger partial charge in [-0.05, 0) is 38.5 Å². The lowest BCUT2D eigenvalue weighted by atomic mass is 9.44. The first-order valence-corrected chi connectivity index (χ1v) is 7.77. The number of imidazole rings is 1. The molecule has 0 unspecified atom stereocenters. The minimum Gasteiger partial charge on any atom is -0.351 e. The zero-order valence-corrected chi connectivity index (χ0v) is 12.7. The number of hydrogen-bond acceptors (Lipinski definition) is 3. The summed E-state index contributed by atoms with van der Waals surface area (Å²) in [7, 11) is 0. The minimum atomic E-state index is -4.66. The fraction of sp³-hybridized carbons (Fsp3) is 0.733. The van der Waals surface area contributed by atoms with Crippen molar-refractivity contribution in [3.8, 4) is 0 Å². The number of carbonyl (C=O) groups excluding carboxylic acids is 1. The summed E-state index contributed by atoms with van der Waals surface area (Å²) < 4.78 is 44.3. The van der Waals surface area contributed by atoms with Gasteiger partial charge in [0.15, 0.2) is 0 Å². The van der Waals surface area contributed by atoms with Crippen LogP contribution < -0.4 is 5.32 Å². The highest BCUT2D eigenvalue weighted by Gasteiger charge is 2.69. The number of nitrogens with one attached hydrogen (secondary N) is 1. The smallest absolute Gasteiger partial charge is 0.351 e. The van der Waals surface area contributed by atoms with E-state index in [2.05, 4.69) is 15.0 Å². The van der Waals surface area contributed by atoms with Gasteiger partial charge in [-0.2, -0.15) is 0 Å². The maximum atomic E-state index is 12.7. The van der Waals surface area contributed by atoms with E-state index in [-0.39, 0.29) is 17.0 Å². The third kappa shape index (κ3) is 2.18. The van der Waals surface area contributed by atoms with Crippen LogP contribution in [0.5, 0.6) is 0 Å². The summed E-state index contributed by atoms with van der Waals surface area (Å²) in [5.41, 5.74) is -1.18. The Kier molecular flexibility index (Phi) is 2.79. The molecule has 4 aliphatic rings. The number of hydrogen-bond donors (Lipinski definition) is 1. The van der Waals surface area contributed by atoms with Crippen molar-refractivity contribution in [2.75, 3.05) is 0 Å². The Hall–Kier alpha value is -1.57. The summed E-state index contributed by atoms with van der Waals surface area (Å²) >= 11 is 0. The van der Waals surface area contributed by atoms with E-state index in [4.69, 9.17) is 0 Å². The number of halogens is 3. The topological polar surface area (TPSA) is 56.2 Å². The summed E-state index contributed by atoms with van der Waals surface area (Å²) in [5, 5.41) is 2.96. The molecule has 0 aromatic carbocycles. The Morgan fingerprint density at radius 2 is 2.00 bits per heavy atom. The van der Waals surface area contributed by atoms with Gasteiger partial charge in [-0.3, -0.25) is 9.53 Å². The molecule has 1 aromatic rings. The quantitative estimate of drug-likeness (QED) is 0.924. The second-order valence-electron chi connectivity index (χ2n) is 7.28. The average Bonchev–Trinajstić information content (AvgIpc) is 2.74. The van der Waals surface area contributed by atoms with Crippen molar-refractivity contribution in [1.29, 1.82) is 0 Å². The molecule has 0 spiro atoms. The van der Waals surface area contributed by atoms with E-state index in [0.29, 0.717) is 25.0 Å². The monoisotopic (exact) mass is 329 g/mol. The molecular weight excluding hydrogens is 311 g/mol. The number of ether oxygens (including phenoxy) is 1. The van der Waals surface area contributed by atoms with Crippen LogP contribution in [-0.4, -0.2) is 27.4 Å². The molecule has 0 aliphatic heterocycles. The Morgan fingerprint density at radius 1 is 1.35 bits per heavy atom. The SMILES string of the molecule is CC(=O)NC12CC(n3cnc(C4(OC(F)(F)F)CCC4)c3)(C1)C2. The zero-order chi connectivity index (χ0) is 16.5. The van der Waals surface area contributed by atoms with E-state index in [9.17, 15) is 18.0 Å². The van der Waals surface area contributed by atoms with Gasteiger partial charge in [0.25, 0.3) is 0 Å². The van der Waals surface area contributed by atoms with Gasteiger partial charge in [-0.1, -0.05) is 0 Å². The Bertz CT molecular complexity index is 643. The second kappa shape index (κ2) is 4.28. The highest BCUT2D eigenvalue weighted by atomic mass is 19.4. The normalized spacial score (nSPS) is 34.1. The molecule has 0 radical (unpaired) electrons. The number of rotatable bonds is 4. The predicted octanol–water partition coefficient (Wildman–Crippen LogP) is 2.57. The van der Waals surface area contributed by atoms with Crippen LogP contribution in [0.25, 0.3) is 0 Å². The van der Waals surface area contributed by atoms with Gasteiger partial charge >= 0.3 is 6.36 Å². The fourth-order valence-corrected chi connectivity index (χ4v) is 4.46. The summed E-state index contributed by atoms with van der Waals surface area (Å²) in [6.45, 7) is 1.50. The number of amides is 1. The third-order valence-corrected chi connectivity index (χ3v) is 5.51. The number of nitrogens with zero attached hydrogens (tertiary/aromatic N) is 2. The first-order valence-electron chi connectivity index (χ1n) is 7.77. The molecule has 23 heavy (non-hydrogen) atoms. The van der Waals surface area contributed by atoms with E-state index in [1.54, 1.807) is 12.5 Å². The molecular formula is C15H18F3N3O2. The number of carbonyl (C=O) groups is 1. The van der Waals surface area contributed by atoms with Gasteiger partial charge in [-0.25, -0.2) is 4.98 Å². The summed E-state index contributed by atoms with van der Waals surface area (Å²) in [4.78, 5) is 15.4. The second-order valence-corrected chi connectivity index (χ2v) is 7.28. The molecule has 126 valence electrons. The summed E-state index contributed by atoms with van der Waals surface area (Å²) in [6, 6.07) is 0. The van der Waals surface area contributed by atoms with Crippen LogP contribution in [0.15, 0.2) is 12.5 Å². The van der Waals surface area contributed by atoms with Crippen LogP contribution in [0.2, 0.25) is 0 Å². The highest BCUT2D eigenvalue weighted by Crippen LogP contribution is 2.65. The van der Waals surface area contributed by atoms with Crippen molar-refractivity contribution in [2.24, 2.45) is 0 Å². The maximum absolute atomic E-state index is 12.7. The zero-order valence-electron chi connectivity index (χ0n) is 12.7. The van der Waals surface area contributed by atoms with E-state index in [1.807, 2.05) is 4.57 Å². The first-order chi connectivity index (χ1) is 10.7. The molecule has 4 saturated carbocycles. The van der Waals surface area contributed by atoms with E-state index < -0.39 is 12.0 Å². The number of aromatic nitrogens is 2. The first kappa shape index (κ1) is 15.0. The lowest BCUT2D eigenvalue weighted by Crippen LogP contribution is -2.78. The van der Waals surface area contributed by atoms with Gasteiger partial charge < -0.3 is 9.88 Å². The van der Waals surface area contributed by atoms with Crippen molar-refractivity contribution in [3.63, 3.8) is 0 Å². The minimum absolute atomic E-state index is 0.0448. The van der Waals surface area contributed by atoms with E-state index in [0.717, 1.165) is 19.3 Å². The fourth-order valence-electron chi connectivity index (χ4n) is 4.46. The highest BCUT2D eigenvalue weighted by molar-refractivity contribution is 5.74. The molecule has 8 heteroatoms. The average molecular weight is 329 g/mol. The molecule has 1 heterocycles. The molecule has 5 nitrogen and oxygen atoms in total. The Balaban J connectivity index is 1.50. The summed E-state index contributed by atoms with van der Waals surface area (Å²) in [6.07, 6.45) is 2.45. The van der Waals surface area contributed by atoms with Crippen molar-refractivity contribution < 1.29 is 22.7 Å². The molecule has 0 saturated heterocycles. The lowest BCUT2D eigenvalue weighted by Gasteiger charge is -2.70. The van der Waals surface area contributed by atoms with Gasteiger partial charge in [0, 0.05) is 18.7 Å². The standard InChI is InChI=1S/C15H18F3N3O2/c1-10(22)20-12-6-13(7-12,8-12)21-5-11(19-9-21)14(3-2-4-14)23-15(16,17)18/h5,9H,2-4,6-8H2,1H3,(H,20,22). The van der Waals surface area contributed by atoms with Crippen LogP contribution in [0.1, 0.15) is 51.1 Å². The molecule has 1 amide bonds. The van der Waals surface area contributed by atoms with Crippen molar-refractivity contribution in [3.05, 3.63) is 18.2 Å². The third-order valence-electron chi connectivity index (χ3n) is 5.51. The van der Waals surface area contributed by atoms with Gasteiger partial charge in [0.2, 0.25) is 5.91 Å². The van der Waals surface area contributed by atoms with Crippen LogP contribution in [0.4, 0.5) is 13.2 Å². The molecule has 0 atom stereocenters. The van der Waals surface area contributed by atoms with Gasteiger partial charge in [0.1, 0.15) is 5.60 Å². The van der Waals surface area contributed by atoms with Gasteiger partial charge in [-0.15, -0.1) is 13.2 Å². The van der Waals surface area contributed by atoms with E-state index in [1.165, 1.54) is 6.92 Å². The molecule has 1 N–H and O–H groups in total.